The Kier molecular flexibility index (Phi) is 6.73. The van der Waals surface area contributed by atoms with Gasteiger partial charge in [0.15, 0.2) is 11.0 Å². The normalized spacial score (nSPS) is 11.1. The Morgan fingerprint density at radius 1 is 1.10 bits per heavy atom. The van der Waals surface area contributed by atoms with E-state index < -0.39 is 0 Å². The fourth-order valence-corrected chi connectivity index (χ4v) is 4.75. The van der Waals surface area contributed by atoms with Crippen LogP contribution in [0.1, 0.15) is 5.56 Å². The first-order chi connectivity index (χ1) is 14.9. The molecule has 10 heteroatoms. The molecule has 0 fully saturated rings. The summed E-state index contributed by atoms with van der Waals surface area (Å²) in [5, 5.41) is 21.7. The minimum absolute atomic E-state index is 0.174. The molecule has 0 aliphatic carbocycles. The molecule has 31 heavy (non-hydrogen) atoms. The molecule has 4 aromatic rings. The van der Waals surface area contributed by atoms with Crippen molar-refractivity contribution in [2.24, 2.45) is 0 Å². The molecule has 2 aromatic carbocycles. The molecule has 0 spiro atoms. The predicted molar refractivity (Wildman–Crippen MR) is 132 cm³/mol. The maximum absolute atomic E-state index is 11.2. The number of hydrogen-bond acceptors (Lipinski definition) is 6. The van der Waals surface area contributed by atoms with Gasteiger partial charge in [0.05, 0.1) is 27.9 Å². The summed E-state index contributed by atoms with van der Waals surface area (Å²) >= 11 is 16.5. The van der Waals surface area contributed by atoms with Gasteiger partial charge in [-0.2, -0.15) is 4.73 Å². The molecule has 0 bridgehead atoms. The summed E-state index contributed by atoms with van der Waals surface area (Å²) in [7, 11) is 0. The summed E-state index contributed by atoms with van der Waals surface area (Å²) in [6.07, 6.45) is 3.54. The molecule has 0 aliphatic rings. The highest BCUT2D eigenvalue weighted by Gasteiger charge is 2.25. The maximum atomic E-state index is 11.2. The largest absolute Gasteiger partial charge is 0.426 e. The molecule has 0 saturated heterocycles. The Bertz CT molecular complexity index is 1260. The third-order valence-corrected chi connectivity index (χ3v) is 6.35. The van der Waals surface area contributed by atoms with Crippen LogP contribution in [-0.4, -0.2) is 36.3 Å². The zero-order valence-electron chi connectivity index (χ0n) is 16.1. The number of halogens is 3. The Hall–Kier alpha value is -1.85. The molecule has 2 aromatic heterocycles. The van der Waals surface area contributed by atoms with Crippen molar-refractivity contribution in [1.29, 1.82) is 0 Å². The molecule has 0 amide bonds. The van der Waals surface area contributed by atoms with Crippen LogP contribution in [0.3, 0.4) is 0 Å². The van der Waals surface area contributed by atoms with E-state index in [9.17, 15) is 10.3 Å². The van der Waals surface area contributed by atoms with Gasteiger partial charge in [0.25, 0.3) is 0 Å². The number of benzene rings is 2. The monoisotopic (exact) mass is 584 g/mol. The summed E-state index contributed by atoms with van der Waals surface area (Å²) in [5.41, 5.74) is 3.16. The quantitative estimate of drug-likeness (QED) is 0.129. The van der Waals surface area contributed by atoms with Gasteiger partial charge in [-0.25, -0.2) is 15.0 Å². The van der Waals surface area contributed by atoms with E-state index in [0.717, 1.165) is 13.9 Å². The Morgan fingerprint density at radius 2 is 1.84 bits per heavy atom. The van der Waals surface area contributed by atoms with Crippen LogP contribution in [0.25, 0.3) is 34.0 Å². The molecule has 2 heterocycles. The number of hydrogen-bond donors (Lipinski definition) is 2. The van der Waals surface area contributed by atoms with Gasteiger partial charge in [-0.3, -0.25) is 0 Å². The van der Waals surface area contributed by atoms with Gasteiger partial charge in [-0.15, -0.1) is 0 Å². The lowest BCUT2D eigenvalue weighted by molar-refractivity contribution is 0.195. The van der Waals surface area contributed by atoms with Crippen molar-refractivity contribution in [3.63, 3.8) is 0 Å². The first-order valence-electron chi connectivity index (χ1n) is 8.97. The highest BCUT2D eigenvalue weighted by atomic mass is 127. The third kappa shape index (κ3) is 4.40. The first kappa shape index (κ1) is 22.3. The average Bonchev–Trinajstić information content (AvgIpc) is 3.10. The van der Waals surface area contributed by atoms with E-state index in [2.05, 4.69) is 37.5 Å². The lowest BCUT2D eigenvalue weighted by Gasteiger charge is -2.10. The molecule has 0 saturated carbocycles. The van der Waals surface area contributed by atoms with E-state index in [1.807, 2.05) is 30.5 Å². The van der Waals surface area contributed by atoms with Crippen molar-refractivity contribution < 1.29 is 10.3 Å². The van der Waals surface area contributed by atoms with Gasteiger partial charge in [0.2, 0.25) is 0 Å². The number of imidazole rings is 1. The van der Waals surface area contributed by atoms with Crippen LogP contribution in [-0.2, 0) is 6.61 Å². The number of nitrogens with zero attached hydrogens (tertiary/aromatic N) is 4. The van der Waals surface area contributed by atoms with Crippen molar-refractivity contribution in [2.45, 2.75) is 11.8 Å². The van der Waals surface area contributed by atoms with E-state index in [1.54, 1.807) is 24.4 Å². The SMILES string of the molecule is CSc1nccc(-c2nc(-c3c(Cl)cc(CO)cc3Cl)n(O)c2-c2cccc(I)c2)n1. The molecule has 0 unspecified atom stereocenters. The van der Waals surface area contributed by atoms with Crippen molar-refractivity contribution in [2.75, 3.05) is 6.26 Å². The number of aliphatic hydroxyl groups excluding tert-OH is 1. The highest BCUT2D eigenvalue weighted by Crippen LogP contribution is 2.40. The van der Waals surface area contributed by atoms with E-state index >= 15 is 0 Å². The second kappa shape index (κ2) is 9.33. The molecule has 4 rings (SSSR count). The van der Waals surface area contributed by atoms with Gasteiger partial charge in [-0.1, -0.05) is 47.1 Å². The number of thioether (sulfide) groups is 1. The third-order valence-electron chi connectivity index (χ3n) is 4.52. The molecular formula is C21H15Cl2IN4O2S. The van der Waals surface area contributed by atoms with Crippen molar-refractivity contribution in [3.8, 4) is 34.0 Å². The standard InChI is InChI=1S/C21H15Cl2IN4O2S/c1-31-21-25-6-5-16(26-21)18-19(12-3-2-4-13(24)9-12)28(30)20(27-18)17-14(22)7-11(10-29)8-15(17)23/h2-9,29-30H,10H2,1H3. The van der Waals surface area contributed by atoms with Gasteiger partial charge >= 0.3 is 0 Å². The minimum atomic E-state index is -0.204. The van der Waals surface area contributed by atoms with E-state index in [1.165, 1.54) is 11.8 Å². The van der Waals surface area contributed by atoms with Crippen LogP contribution >= 0.6 is 57.6 Å². The van der Waals surface area contributed by atoms with Crippen molar-refractivity contribution in [1.82, 2.24) is 19.7 Å². The zero-order chi connectivity index (χ0) is 22.1. The second-order valence-corrected chi connectivity index (χ2v) is 9.31. The van der Waals surface area contributed by atoms with E-state index in [4.69, 9.17) is 23.2 Å². The van der Waals surface area contributed by atoms with E-state index in [0.29, 0.717) is 33.4 Å². The van der Waals surface area contributed by atoms with Crippen molar-refractivity contribution >= 4 is 57.6 Å². The number of rotatable bonds is 5. The summed E-state index contributed by atoms with van der Waals surface area (Å²) < 4.78 is 1.98. The molecular weight excluding hydrogens is 570 g/mol. The number of aromatic nitrogens is 4. The fourth-order valence-electron chi connectivity index (χ4n) is 3.15. The topological polar surface area (TPSA) is 84.1 Å². The highest BCUT2D eigenvalue weighted by molar-refractivity contribution is 14.1. The van der Waals surface area contributed by atoms with Gasteiger partial charge in [0, 0.05) is 15.3 Å². The molecule has 0 radical (unpaired) electrons. The van der Waals surface area contributed by atoms with Crippen molar-refractivity contribution in [3.05, 3.63) is 67.8 Å². The van der Waals surface area contributed by atoms with Crippen LogP contribution in [0.2, 0.25) is 10.0 Å². The fraction of sp³-hybridized carbons (Fsp3) is 0.0952. The Labute approximate surface area is 206 Å². The summed E-state index contributed by atoms with van der Waals surface area (Å²) in [5.74, 6) is 0.174. The van der Waals surface area contributed by atoms with Gasteiger partial charge in [0.1, 0.15) is 11.4 Å². The van der Waals surface area contributed by atoms with Crippen LogP contribution < -0.4 is 0 Å². The smallest absolute Gasteiger partial charge is 0.187 e. The predicted octanol–water partition coefficient (Wildman–Crippen LogP) is 6.04. The Morgan fingerprint density at radius 3 is 2.48 bits per heavy atom. The van der Waals surface area contributed by atoms with Crippen LogP contribution in [0.4, 0.5) is 0 Å². The summed E-state index contributed by atoms with van der Waals surface area (Å²) in [6, 6.07) is 12.6. The van der Waals surface area contributed by atoms with Gasteiger partial charge in [-0.05, 0) is 64.7 Å². The molecule has 0 aliphatic heterocycles. The molecule has 6 nitrogen and oxygen atoms in total. The zero-order valence-corrected chi connectivity index (χ0v) is 20.5. The average molecular weight is 585 g/mol. The minimum Gasteiger partial charge on any atom is -0.426 e. The lowest BCUT2D eigenvalue weighted by Crippen LogP contribution is -1.99. The summed E-state index contributed by atoms with van der Waals surface area (Å²) in [4.78, 5) is 13.5. The molecule has 2 N–H and O–H groups in total. The Balaban J connectivity index is 2.02. The molecule has 158 valence electrons. The maximum Gasteiger partial charge on any atom is 0.187 e. The first-order valence-corrected chi connectivity index (χ1v) is 12.0. The lowest BCUT2D eigenvalue weighted by atomic mass is 10.1. The van der Waals surface area contributed by atoms with Gasteiger partial charge < -0.3 is 10.3 Å². The molecule has 0 atom stereocenters. The van der Waals surface area contributed by atoms with Crippen LogP contribution in [0.5, 0.6) is 0 Å². The van der Waals surface area contributed by atoms with E-state index in [-0.39, 0.29) is 22.5 Å². The second-order valence-electron chi connectivity index (χ2n) is 6.48. The van der Waals surface area contributed by atoms with Crippen LogP contribution in [0.15, 0.2) is 53.8 Å². The van der Waals surface area contributed by atoms with Crippen LogP contribution in [0, 0.1) is 3.57 Å². The summed E-state index contributed by atoms with van der Waals surface area (Å²) in [6.45, 7) is -0.204. The number of aliphatic hydroxyl groups is 1.